The van der Waals surface area contributed by atoms with Gasteiger partial charge in [-0.1, -0.05) is 24.3 Å². The first kappa shape index (κ1) is 19.7. The summed E-state index contributed by atoms with van der Waals surface area (Å²) in [6.07, 6.45) is 3.72. The third kappa shape index (κ3) is 4.94. The Morgan fingerprint density at radius 2 is 1.85 bits per heavy atom. The van der Waals surface area contributed by atoms with Crippen LogP contribution in [0.3, 0.4) is 0 Å². The monoisotopic (exact) mass is 357 g/mol. The van der Waals surface area contributed by atoms with E-state index in [0.29, 0.717) is 0 Å². The minimum Gasteiger partial charge on any atom is -0.350 e. The second-order valence-electron chi connectivity index (χ2n) is 7.64. The topological polar surface area (TPSA) is 69.7 Å². The number of rotatable bonds is 4. The van der Waals surface area contributed by atoms with E-state index in [4.69, 9.17) is 0 Å². The Hall–Kier alpha value is -2.63. The van der Waals surface area contributed by atoms with Crippen molar-refractivity contribution in [1.29, 1.82) is 0 Å². The minimum absolute atomic E-state index is 0.0135. The number of likely N-dealkylation sites (N-methyl/N-ethyl adjacent to an activating group) is 1. The lowest BCUT2D eigenvalue weighted by Crippen LogP contribution is -2.46. The first-order chi connectivity index (χ1) is 12.1. The largest absolute Gasteiger partial charge is 0.350 e. The zero-order valence-corrected chi connectivity index (χ0v) is 16.1. The molecule has 1 aromatic carbocycles. The van der Waals surface area contributed by atoms with Gasteiger partial charge in [-0.25, -0.2) is 0 Å². The molecule has 0 bridgehead atoms. The summed E-state index contributed by atoms with van der Waals surface area (Å²) in [6.45, 7) is 7.14. The average Bonchev–Trinajstić information content (AvgIpc) is 2.52. The minimum atomic E-state index is -0.366. The Balaban J connectivity index is 2.11. The van der Waals surface area contributed by atoms with Crippen molar-refractivity contribution in [2.45, 2.75) is 45.7 Å². The lowest BCUT2D eigenvalue weighted by Gasteiger charge is -2.33. The van der Waals surface area contributed by atoms with Gasteiger partial charge in [0.1, 0.15) is 0 Å². The third-order valence-corrected chi connectivity index (χ3v) is 4.16. The molecular weight excluding hydrogens is 330 g/mol. The molecule has 1 aliphatic heterocycles. The van der Waals surface area contributed by atoms with Crippen molar-refractivity contribution >= 4 is 23.8 Å². The van der Waals surface area contributed by atoms with Crippen molar-refractivity contribution in [2.75, 3.05) is 13.6 Å². The molecule has 1 heterocycles. The maximum absolute atomic E-state index is 12.7. The maximum atomic E-state index is 12.7. The smallest absolute Gasteiger partial charge is 0.240 e. The number of fused-ring (bicyclic) bond motifs is 1. The number of hydrogen-bond donors (Lipinski definition) is 1. The van der Waals surface area contributed by atoms with E-state index >= 15 is 0 Å². The van der Waals surface area contributed by atoms with Crippen LogP contribution in [-0.2, 0) is 14.4 Å². The number of amides is 3. The van der Waals surface area contributed by atoms with E-state index in [-0.39, 0.29) is 42.3 Å². The summed E-state index contributed by atoms with van der Waals surface area (Å²) in [5.74, 6) is -0.516. The van der Waals surface area contributed by atoms with E-state index in [2.05, 4.69) is 5.32 Å². The number of carbonyl (C=O) groups excluding carboxylic acids is 3. The highest BCUT2D eigenvalue weighted by Gasteiger charge is 2.29. The molecule has 0 unspecified atom stereocenters. The molecule has 0 spiro atoms. The van der Waals surface area contributed by atoms with Gasteiger partial charge in [-0.15, -0.1) is 0 Å². The van der Waals surface area contributed by atoms with Crippen LogP contribution in [-0.4, -0.2) is 46.7 Å². The van der Waals surface area contributed by atoms with Crippen LogP contribution in [0, 0.1) is 0 Å². The van der Waals surface area contributed by atoms with E-state index in [9.17, 15) is 14.4 Å². The highest BCUT2D eigenvalue weighted by molar-refractivity contribution is 5.86. The number of carbonyl (C=O) groups is 3. The van der Waals surface area contributed by atoms with Crippen LogP contribution in [0.15, 0.2) is 30.5 Å². The number of hydrogen-bond acceptors (Lipinski definition) is 3. The van der Waals surface area contributed by atoms with Gasteiger partial charge in [0.05, 0.1) is 19.0 Å². The molecule has 3 amide bonds. The first-order valence-corrected chi connectivity index (χ1v) is 8.69. The fourth-order valence-electron chi connectivity index (χ4n) is 3.00. The van der Waals surface area contributed by atoms with Crippen molar-refractivity contribution < 1.29 is 14.4 Å². The second kappa shape index (κ2) is 7.72. The van der Waals surface area contributed by atoms with Crippen molar-refractivity contribution in [3.05, 3.63) is 41.6 Å². The summed E-state index contributed by atoms with van der Waals surface area (Å²) in [5, 5.41) is 2.84. The van der Waals surface area contributed by atoms with Crippen LogP contribution in [0.1, 0.15) is 51.3 Å². The second-order valence-corrected chi connectivity index (χ2v) is 7.64. The third-order valence-electron chi connectivity index (χ3n) is 4.16. The predicted molar refractivity (Wildman–Crippen MR) is 101 cm³/mol. The van der Waals surface area contributed by atoms with Crippen LogP contribution >= 0.6 is 0 Å². The number of benzene rings is 1. The van der Waals surface area contributed by atoms with E-state index in [1.807, 2.05) is 51.1 Å². The van der Waals surface area contributed by atoms with Gasteiger partial charge in [0.2, 0.25) is 17.7 Å². The Morgan fingerprint density at radius 3 is 2.46 bits per heavy atom. The van der Waals surface area contributed by atoms with E-state index in [1.54, 1.807) is 18.1 Å². The molecule has 2 rings (SSSR count). The quantitative estimate of drug-likeness (QED) is 0.899. The number of nitrogens with one attached hydrogen (secondary N) is 1. The van der Waals surface area contributed by atoms with Crippen LogP contribution in [0.25, 0.3) is 6.08 Å². The summed E-state index contributed by atoms with van der Waals surface area (Å²) < 4.78 is 0. The summed E-state index contributed by atoms with van der Waals surface area (Å²) >= 11 is 0. The predicted octanol–water partition coefficient (Wildman–Crippen LogP) is 2.32. The zero-order valence-electron chi connectivity index (χ0n) is 16.1. The lowest BCUT2D eigenvalue weighted by atomic mass is 9.93. The van der Waals surface area contributed by atoms with Crippen LogP contribution in [0.4, 0.5) is 0 Å². The fourth-order valence-corrected chi connectivity index (χ4v) is 3.00. The molecule has 1 aliphatic rings. The molecule has 0 radical (unpaired) electrons. The molecule has 140 valence electrons. The van der Waals surface area contributed by atoms with Crippen molar-refractivity contribution in [3.63, 3.8) is 0 Å². The highest BCUT2D eigenvalue weighted by Crippen LogP contribution is 2.33. The van der Waals surface area contributed by atoms with Gasteiger partial charge >= 0.3 is 0 Å². The van der Waals surface area contributed by atoms with Gasteiger partial charge in [-0.2, -0.15) is 0 Å². The molecular formula is C20H27N3O3. The SMILES string of the molecule is CC(=O)N1C=Cc2ccccc2[C@H]1CC(=O)N(C)CC(=O)NC(C)(C)C. The van der Waals surface area contributed by atoms with Crippen LogP contribution < -0.4 is 5.32 Å². The van der Waals surface area contributed by atoms with Gasteiger partial charge in [0.25, 0.3) is 0 Å². The normalized spacial score (nSPS) is 16.0. The summed E-state index contributed by atoms with van der Waals surface area (Å²) in [5.41, 5.74) is 1.58. The Morgan fingerprint density at radius 1 is 1.19 bits per heavy atom. The van der Waals surface area contributed by atoms with Crippen molar-refractivity contribution in [3.8, 4) is 0 Å². The molecule has 1 atom stereocenters. The van der Waals surface area contributed by atoms with Gasteiger partial charge in [0.15, 0.2) is 0 Å². The Labute approximate surface area is 154 Å². The standard InChI is InChI=1S/C20H27N3O3/c1-14(24)23-11-10-15-8-6-7-9-16(15)17(23)12-19(26)22(5)13-18(25)21-20(2,3)4/h6-11,17H,12-13H2,1-5H3,(H,21,25)/t17-/m1/s1. The fraction of sp³-hybridized carbons (Fsp3) is 0.450. The molecule has 0 fully saturated rings. The highest BCUT2D eigenvalue weighted by atomic mass is 16.2. The Kier molecular flexibility index (Phi) is 5.85. The molecule has 6 heteroatoms. The van der Waals surface area contributed by atoms with Gasteiger partial charge in [-0.3, -0.25) is 14.4 Å². The lowest BCUT2D eigenvalue weighted by molar-refractivity contribution is -0.137. The summed E-state index contributed by atoms with van der Waals surface area (Å²) in [7, 11) is 1.60. The van der Waals surface area contributed by atoms with Gasteiger partial charge in [-0.05, 0) is 38.0 Å². The van der Waals surface area contributed by atoms with Crippen molar-refractivity contribution in [2.24, 2.45) is 0 Å². The van der Waals surface area contributed by atoms with E-state index in [0.717, 1.165) is 11.1 Å². The zero-order chi connectivity index (χ0) is 19.5. The van der Waals surface area contributed by atoms with Gasteiger partial charge in [0, 0.05) is 25.7 Å². The van der Waals surface area contributed by atoms with E-state index < -0.39 is 0 Å². The molecule has 1 aromatic rings. The molecule has 0 aliphatic carbocycles. The molecule has 0 saturated carbocycles. The van der Waals surface area contributed by atoms with E-state index in [1.165, 1.54) is 11.8 Å². The molecule has 26 heavy (non-hydrogen) atoms. The van der Waals surface area contributed by atoms with Crippen LogP contribution in [0.2, 0.25) is 0 Å². The first-order valence-electron chi connectivity index (χ1n) is 8.69. The molecule has 6 nitrogen and oxygen atoms in total. The molecule has 1 N–H and O–H groups in total. The van der Waals surface area contributed by atoms with Crippen molar-refractivity contribution in [1.82, 2.24) is 15.1 Å². The number of nitrogens with zero attached hydrogens (tertiary/aromatic N) is 2. The van der Waals surface area contributed by atoms with Crippen LogP contribution in [0.5, 0.6) is 0 Å². The molecule has 0 aromatic heterocycles. The summed E-state index contributed by atoms with van der Waals surface area (Å²) in [6, 6.07) is 7.34. The maximum Gasteiger partial charge on any atom is 0.240 e. The molecule has 0 saturated heterocycles. The average molecular weight is 357 g/mol. The Bertz CT molecular complexity index is 734. The summed E-state index contributed by atoms with van der Waals surface area (Å²) in [4.78, 5) is 39.7. The van der Waals surface area contributed by atoms with Gasteiger partial charge < -0.3 is 15.1 Å².